The molecular formula is C13H13NOS. The number of thiocarbonyl (C=S) groups is 1. The Hall–Kier alpha value is -1.61. The smallest absolute Gasteiger partial charge is 0.139 e. The van der Waals surface area contributed by atoms with Crippen LogP contribution in [0.2, 0.25) is 0 Å². The molecule has 0 amide bonds. The summed E-state index contributed by atoms with van der Waals surface area (Å²) in [6, 6.07) is 7.81. The second-order valence-corrected chi connectivity index (χ2v) is 4.32. The number of hydrogen-bond acceptors (Lipinski definition) is 3. The molecule has 2 nitrogen and oxygen atoms in total. The molecule has 0 saturated heterocycles. The van der Waals surface area contributed by atoms with Gasteiger partial charge >= 0.3 is 0 Å². The molecule has 0 radical (unpaired) electrons. The van der Waals surface area contributed by atoms with Crippen LogP contribution in [-0.4, -0.2) is 9.97 Å². The summed E-state index contributed by atoms with van der Waals surface area (Å²) < 4.78 is 0. The molecule has 3 N–H and O–H groups in total. The number of allylic oxidation sites excluding steroid dienone is 3. The van der Waals surface area contributed by atoms with E-state index in [1.54, 1.807) is 0 Å². The first kappa shape index (κ1) is 10.9. The van der Waals surface area contributed by atoms with Crippen LogP contribution in [0.25, 0.3) is 5.57 Å². The molecule has 0 aliphatic heterocycles. The quantitative estimate of drug-likeness (QED) is 0.730. The second-order valence-electron chi connectivity index (χ2n) is 3.83. The molecule has 0 bridgehead atoms. The molecule has 0 aromatic heterocycles. The first-order valence-corrected chi connectivity index (χ1v) is 5.50. The molecule has 16 heavy (non-hydrogen) atoms. The number of aryl methyl sites for hydroxylation is 1. The Morgan fingerprint density at radius 2 is 2.00 bits per heavy atom. The minimum atomic E-state index is 0.143. The second kappa shape index (κ2) is 4.10. The summed E-state index contributed by atoms with van der Waals surface area (Å²) in [6.07, 6.45) is 2.40. The van der Waals surface area contributed by atoms with Gasteiger partial charge in [-0.05, 0) is 18.1 Å². The number of benzene rings is 1. The van der Waals surface area contributed by atoms with E-state index in [-0.39, 0.29) is 5.76 Å². The van der Waals surface area contributed by atoms with Crippen molar-refractivity contribution in [3.63, 3.8) is 0 Å². The normalized spacial score (nSPS) is 16.3. The van der Waals surface area contributed by atoms with E-state index >= 15 is 0 Å². The molecule has 0 heterocycles. The third-order valence-electron chi connectivity index (χ3n) is 2.71. The number of hydrogen-bond donors (Lipinski definition) is 2. The number of rotatable bonds is 1. The van der Waals surface area contributed by atoms with Crippen LogP contribution in [-0.2, 0) is 0 Å². The highest BCUT2D eigenvalue weighted by molar-refractivity contribution is 7.80. The molecule has 0 atom stereocenters. The van der Waals surface area contributed by atoms with Crippen molar-refractivity contribution in [2.75, 3.05) is 0 Å². The van der Waals surface area contributed by atoms with E-state index in [4.69, 9.17) is 18.0 Å². The molecule has 0 spiro atoms. The third kappa shape index (κ3) is 1.74. The molecule has 1 aliphatic rings. The molecule has 3 heteroatoms. The highest BCUT2D eigenvalue weighted by Crippen LogP contribution is 2.30. The van der Waals surface area contributed by atoms with Gasteiger partial charge in [0.15, 0.2) is 0 Å². The predicted octanol–water partition coefficient (Wildman–Crippen LogP) is 2.88. The van der Waals surface area contributed by atoms with E-state index in [1.807, 2.05) is 37.3 Å². The van der Waals surface area contributed by atoms with Crippen molar-refractivity contribution in [1.82, 2.24) is 0 Å². The SMILES string of the molecule is Cc1ccccc1C1=C(O)C(=S)CC=C1N. The van der Waals surface area contributed by atoms with Gasteiger partial charge in [-0.15, -0.1) is 0 Å². The lowest BCUT2D eigenvalue weighted by Crippen LogP contribution is -2.14. The third-order valence-corrected chi connectivity index (χ3v) is 3.07. The highest BCUT2D eigenvalue weighted by Gasteiger charge is 2.19. The largest absolute Gasteiger partial charge is 0.506 e. The van der Waals surface area contributed by atoms with Crippen LogP contribution in [0.15, 0.2) is 41.8 Å². The predicted molar refractivity (Wildman–Crippen MR) is 70.2 cm³/mol. The molecule has 1 aliphatic carbocycles. The minimum absolute atomic E-state index is 0.143. The Morgan fingerprint density at radius 3 is 2.69 bits per heavy atom. The molecule has 1 aromatic rings. The van der Waals surface area contributed by atoms with Gasteiger partial charge in [0, 0.05) is 17.7 Å². The van der Waals surface area contributed by atoms with Gasteiger partial charge in [0.1, 0.15) is 5.76 Å². The van der Waals surface area contributed by atoms with Crippen LogP contribution in [0.1, 0.15) is 17.5 Å². The lowest BCUT2D eigenvalue weighted by atomic mass is 9.92. The van der Waals surface area contributed by atoms with Crippen molar-refractivity contribution in [1.29, 1.82) is 0 Å². The summed E-state index contributed by atoms with van der Waals surface area (Å²) in [5, 5.41) is 10.0. The molecule has 0 fully saturated rings. The van der Waals surface area contributed by atoms with Crippen molar-refractivity contribution in [3.8, 4) is 0 Å². The van der Waals surface area contributed by atoms with Crippen LogP contribution in [0, 0.1) is 6.92 Å². The van der Waals surface area contributed by atoms with Gasteiger partial charge in [0.05, 0.1) is 4.86 Å². The van der Waals surface area contributed by atoms with Crippen LogP contribution < -0.4 is 5.73 Å². The number of nitrogens with two attached hydrogens (primary N) is 1. The van der Waals surface area contributed by atoms with E-state index in [1.165, 1.54) is 0 Å². The Labute approximate surface area is 100 Å². The van der Waals surface area contributed by atoms with E-state index in [0.29, 0.717) is 22.6 Å². The summed E-state index contributed by atoms with van der Waals surface area (Å²) in [6.45, 7) is 1.99. The zero-order chi connectivity index (χ0) is 11.7. The topological polar surface area (TPSA) is 46.2 Å². The lowest BCUT2D eigenvalue weighted by Gasteiger charge is -2.18. The molecule has 0 unspecified atom stereocenters. The van der Waals surface area contributed by atoms with Gasteiger partial charge in [-0.25, -0.2) is 0 Å². The van der Waals surface area contributed by atoms with E-state index in [2.05, 4.69) is 0 Å². The Morgan fingerprint density at radius 1 is 1.31 bits per heavy atom. The van der Waals surface area contributed by atoms with Gasteiger partial charge in [-0.2, -0.15) is 0 Å². The van der Waals surface area contributed by atoms with Crippen molar-refractivity contribution >= 4 is 22.7 Å². The fraction of sp³-hybridized carbons (Fsp3) is 0.154. The van der Waals surface area contributed by atoms with Crippen LogP contribution in [0.4, 0.5) is 0 Å². The Kier molecular flexibility index (Phi) is 2.79. The molecule has 0 saturated carbocycles. The van der Waals surface area contributed by atoms with Crippen LogP contribution in [0.5, 0.6) is 0 Å². The van der Waals surface area contributed by atoms with Crippen molar-refractivity contribution in [2.24, 2.45) is 5.73 Å². The summed E-state index contributed by atoms with van der Waals surface area (Å²) in [4.78, 5) is 0.549. The first-order chi connectivity index (χ1) is 7.61. The minimum Gasteiger partial charge on any atom is -0.506 e. The Bertz CT molecular complexity index is 514. The summed E-state index contributed by atoms with van der Waals surface area (Å²) in [5.41, 5.74) is 9.19. The van der Waals surface area contributed by atoms with Crippen molar-refractivity contribution in [2.45, 2.75) is 13.3 Å². The fourth-order valence-electron chi connectivity index (χ4n) is 1.81. The zero-order valence-corrected chi connectivity index (χ0v) is 9.84. The van der Waals surface area contributed by atoms with Gasteiger partial charge in [0.25, 0.3) is 0 Å². The number of aliphatic hydroxyl groups is 1. The van der Waals surface area contributed by atoms with Crippen LogP contribution in [0.3, 0.4) is 0 Å². The van der Waals surface area contributed by atoms with Crippen molar-refractivity contribution < 1.29 is 5.11 Å². The highest BCUT2D eigenvalue weighted by atomic mass is 32.1. The standard InChI is InChI=1S/C13H13NOS/c1-8-4-2-3-5-9(8)12-10(14)6-7-11(16)13(12)15/h2-6,15H,7,14H2,1H3. The van der Waals surface area contributed by atoms with Gasteiger partial charge in [-0.3, -0.25) is 0 Å². The van der Waals surface area contributed by atoms with Crippen molar-refractivity contribution in [3.05, 3.63) is 52.9 Å². The maximum atomic E-state index is 10.0. The summed E-state index contributed by atoms with van der Waals surface area (Å²) >= 11 is 5.09. The average molecular weight is 231 g/mol. The molecular weight excluding hydrogens is 218 g/mol. The maximum absolute atomic E-state index is 10.0. The van der Waals surface area contributed by atoms with E-state index in [0.717, 1.165) is 11.1 Å². The van der Waals surface area contributed by atoms with Gasteiger partial charge in [0.2, 0.25) is 0 Å². The fourth-order valence-corrected chi connectivity index (χ4v) is 2.00. The summed E-state index contributed by atoms with van der Waals surface area (Å²) in [7, 11) is 0. The first-order valence-electron chi connectivity index (χ1n) is 5.09. The monoisotopic (exact) mass is 231 g/mol. The van der Waals surface area contributed by atoms with E-state index in [9.17, 15) is 5.11 Å². The summed E-state index contributed by atoms with van der Waals surface area (Å²) in [5.74, 6) is 0.143. The van der Waals surface area contributed by atoms with Gasteiger partial charge in [-0.1, -0.05) is 42.6 Å². The van der Waals surface area contributed by atoms with Gasteiger partial charge < -0.3 is 10.8 Å². The molecule has 1 aromatic carbocycles. The molecule has 82 valence electrons. The van der Waals surface area contributed by atoms with Crippen LogP contribution >= 0.6 is 12.2 Å². The zero-order valence-electron chi connectivity index (χ0n) is 9.03. The average Bonchev–Trinajstić information content (AvgIpc) is 2.27. The maximum Gasteiger partial charge on any atom is 0.139 e. The Balaban J connectivity index is 2.63. The number of aliphatic hydroxyl groups excluding tert-OH is 1. The molecule has 2 rings (SSSR count). The lowest BCUT2D eigenvalue weighted by molar-refractivity contribution is 0.445. The van der Waals surface area contributed by atoms with E-state index < -0.39 is 0 Å².